The van der Waals surface area contributed by atoms with Crippen LogP contribution in [0.4, 0.5) is 5.13 Å². The van der Waals surface area contributed by atoms with Crippen LogP contribution in [0.2, 0.25) is 0 Å². The Morgan fingerprint density at radius 3 is 2.48 bits per heavy atom. The van der Waals surface area contributed by atoms with Crippen molar-refractivity contribution in [2.45, 2.75) is 19.3 Å². The summed E-state index contributed by atoms with van der Waals surface area (Å²) in [5.41, 5.74) is 1.89. The number of nitrogens with zero attached hydrogens (tertiary/aromatic N) is 1. The highest BCUT2D eigenvalue weighted by atomic mass is 32.1. The number of thiazole rings is 1. The Bertz CT molecular complexity index is 767. The van der Waals surface area contributed by atoms with E-state index < -0.39 is 0 Å². The van der Waals surface area contributed by atoms with Crippen LogP contribution in [0.3, 0.4) is 0 Å². The normalized spacial score (nSPS) is 12.9. The minimum absolute atomic E-state index is 0.221. The molecule has 0 radical (unpaired) electrons. The number of rotatable bonds is 6. The molecule has 0 bridgehead atoms. The molecule has 3 rings (SSSR count). The lowest BCUT2D eigenvalue weighted by molar-refractivity contribution is -0.111. The molecule has 0 atom stereocenters. The Labute approximate surface area is 150 Å². The third-order valence-electron chi connectivity index (χ3n) is 3.94. The minimum Gasteiger partial charge on any atom is -0.493 e. The van der Waals surface area contributed by atoms with Crippen LogP contribution in [0, 0.1) is 0 Å². The average molecular weight is 360 g/mol. The van der Waals surface area contributed by atoms with Gasteiger partial charge in [-0.15, -0.1) is 11.3 Å². The zero-order valence-corrected chi connectivity index (χ0v) is 15.2. The summed E-state index contributed by atoms with van der Waals surface area (Å²) in [6.07, 6.45) is 6.38. The number of nitrogens with one attached hydrogen (secondary N) is 1. The smallest absolute Gasteiger partial charge is 0.250 e. The van der Waals surface area contributed by atoms with Crippen LogP contribution in [0.1, 0.15) is 22.6 Å². The summed E-state index contributed by atoms with van der Waals surface area (Å²) < 4.78 is 15.9. The zero-order chi connectivity index (χ0) is 17.8. The predicted octanol–water partition coefficient (Wildman–Crippen LogP) is 3.31. The molecule has 25 heavy (non-hydrogen) atoms. The van der Waals surface area contributed by atoms with Crippen LogP contribution in [0.15, 0.2) is 18.2 Å². The number of ether oxygens (including phenoxy) is 3. The number of carbonyl (C=O) groups excluding carboxylic acids is 1. The molecule has 0 saturated carbocycles. The lowest BCUT2D eigenvalue weighted by Crippen LogP contribution is -2.07. The van der Waals surface area contributed by atoms with E-state index in [2.05, 4.69) is 10.3 Å². The minimum atomic E-state index is -0.221. The number of benzene rings is 1. The van der Waals surface area contributed by atoms with Gasteiger partial charge in [0.05, 0.1) is 27.0 Å². The number of hydrogen-bond acceptors (Lipinski definition) is 6. The first-order valence-corrected chi connectivity index (χ1v) is 8.74. The predicted molar refractivity (Wildman–Crippen MR) is 97.9 cm³/mol. The number of methoxy groups -OCH3 is 3. The maximum atomic E-state index is 12.1. The van der Waals surface area contributed by atoms with Gasteiger partial charge in [-0.3, -0.25) is 10.1 Å². The summed E-state index contributed by atoms with van der Waals surface area (Å²) >= 11 is 1.56. The van der Waals surface area contributed by atoms with Gasteiger partial charge in [-0.05, 0) is 43.0 Å². The topological polar surface area (TPSA) is 69.7 Å². The van der Waals surface area contributed by atoms with Crippen LogP contribution >= 0.6 is 11.3 Å². The van der Waals surface area contributed by atoms with Crippen LogP contribution in [-0.4, -0.2) is 32.2 Å². The van der Waals surface area contributed by atoms with Gasteiger partial charge in [0, 0.05) is 11.0 Å². The highest BCUT2D eigenvalue weighted by Gasteiger charge is 2.17. The van der Waals surface area contributed by atoms with Gasteiger partial charge >= 0.3 is 0 Å². The van der Waals surface area contributed by atoms with Crippen LogP contribution in [0.5, 0.6) is 17.2 Å². The van der Waals surface area contributed by atoms with Gasteiger partial charge in [0.2, 0.25) is 11.7 Å². The van der Waals surface area contributed by atoms with Crippen molar-refractivity contribution in [3.05, 3.63) is 34.3 Å². The van der Waals surface area contributed by atoms with Crippen LogP contribution in [-0.2, 0) is 17.6 Å². The van der Waals surface area contributed by atoms with Gasteiger partial charge in [0.25, 0.3) is 0 Å². The Morgan fingerprint density at radius 2 is 1.88 bits per heavy atom. The van der Waals surface area contributed by atoms with Crippen molar-refractivity contribution >= 4 is 28.5 Å². The van der Waals surface area contributed by atoms with Crippen molar-refractivity contribution in [2.75, 3.05) is 26.6 Å². The van der Waals surface area contributed by atoms with E-state index in [1.54, 1.807) is 50.9 Å². The summed E-state index contributed by atoms with van der Waals surface area (Å²) in [5.74, 6) is 1.38. The van der Waals surface area contributed by atoms with Gasteiger partial charge in [-0.25, -0.2) is 4.98 Å². The van der Waals surface area contributed by atoms with Crippen molar-refractivity contribution < 1.29 is 19.0 Å². The molecule has 0 fully saturated rings. The molecule has 132 valence electrons. The van der Waals surface area contributed by atoms with E-state index in [4.69, 9.17) is 14.2 Å². The van der Waals surface area contributed by atoms with Crippen molar-refractivity contribution in [1.82, 2.24) is 4.98 Å². The molecular weight excluding hydrogens is 340 g/mol. The Hall–Kier alpha value is -2.54. The summed E-state index contributed by atoms with van der Waals surface area (Å²) in [6.45, 7) is 0. The molecule has 0 aliphatic heterocycles. The second-order valence-corrected chi connectivity index (χ2v) is 6.61. The molecule has 1 heterocycles. The molecule has 6 nitrogen and oxygen atoms in total. The second-order valence-electron chi connectivity index (χ2n) is 5.52. The van der Waals surface area contributed by atoms with Crippen molar-refractivity contribution in [3.63, 3.8) is 0 Å². The molecule has 0 saturated heterocycles. The van der Waals surface area contributed by atoms with E-state index >= 15 is 0 Å². The largest absolute Gasteiger partial charge is 0.493 e. The van der Waals surface area contributed by atoms with Gasteiger partial charge < -0.3 is 14.2 Å². The van der Waals surface area contributed by atoms with E-state index in [0.29, 0.717) is 22.4 Å². The number of fused-ring (bicyclic) bond motifs is 1. The van der Waals surface area contributed by atoms with Crippen LogP contribution < -0.4 is 19.5 Å². The maximum Gasteiger partial charge on any atom is 0.250 e. The van der Waals surface area contributed by atoms with E-state index in [1.165, 1.54) is 11.0 Å². The fourth-order valence-corrected chi connectivity index (χ4v) is 3.81. The fourth-order valence-electron chi connectivity index (χ4n) is 2.76. The average Bonchev–Trinajstić information content (AvgIpc) is 3.20. The first-order chi connectivity index (χ1) is 12.1. The molecular formula is C18H20N2O4S. The van der Waals surface area contributed by atoms with E-state index in [-0.39, 0.29) is 5.91 Å². The molecule has 1 amide bonds. The quantitative estimate of drug-likeness (QED) is 0.801. The van der Waals surface area contributed by atoms with E-state index in [9.17, 15) is 4.79 Å². The molecule has 0 unspecified atom stereocenters. The monoisotopic (exact) mass is 360 g/mol. The molecule has 1 aliphatic rings. The van der Waals surface area contributed by atoms with Gasteiger partial charge in [-0.1, -0.05) is 0 Å². The lowest BCUT2D eigenvalue weighted by Gasteiger charge is -2.12. The standard InChI is InChI=1S/C18H20N2O4S/c1-22-13-9-11(10-14(23-2)17(13)24-3)7-8-16(21)20-18-19-12-5-4-6-15(12)25-18/h7-10H,4-6H2,1-3H3,(H,19,20,21)/b8-7+. The molecule has 1 N–H and O–H groups in total. The molecule has 1 aromatic heterocycles. The summed E-state index contributed by atoms with van der Waals surface area (Å²) in [5, 5.41) is 3.47. The summed E-state index contributed by atoms with van der Waals surface area (Å²) in [6, 6.07) is 3.56. The van der Waals surface area contributed by atoms with Crippen molar-refractivity contribution in [2.24, 2.45) is 0 Å². The second kappa shape index (κ2) is 7.57. The number of anilines is 1. The highest BCUT2D eigenvalue weighted by molar-refractivity contribution is 7.15. The molecule has 2 aromatic rings. The Morgan fingerprint density at radius 1 is 1.16 bits per heavy atom. The molecule has 1 aromatic carbocycles. The van der Waals surface area contributed by atoms with Gasteiger partial charge in [-0.2, -0.15) is 0 Å². The molecule has 0 spiro atoms. The fraction of sp³-hybridized carbons (Fsp3) is 0.333. The van der Waals surface area contributed by atoms with Gasteiger partial charge in [0.1, 0.15) is 0 Å². The first kappa shape index (κ1) is 17.3. The molecule has 1 aliphatic carbocycles. The van der Waals surface area contributed by atoms with Crippen LogP contribution in [0.25, 0.3) is 6.08 Å². The maximum absolute atomic E-state index is 12.1. The summed E-state index contributed by atoms with van der Waals surface area (Å²) in [4.78, 5) is 17.9. The number of amides is 1. The molecule has 7 heteroatoms. The third-order valence-corrected chi connectivity index (χ3v) is 5.01. The SMILES string of the molecule is COc1cc(/C=C/C(=O)Nc2nc3c(s2)CCC3)cc(OC)c1OC. The highest BCUT2D eigenvalue weighted by Crippen LogP contribution is 2.38. The zero-order valence-electron chi connectivity index (χ0n) is 14.4. The number of carbonyl (C=O) groups is 1. The van der Waals surface area contributed by atoms with E-state index in [0.717, 1.165) is 30.5 Å². The Balaban J connectivity index is 1.73. The summed E-state index contributed by atoms with van der Waals surface area (Å²) in [7, 11) is 4.66. The number of aryl methyl sites for hydroxylation is 2. The number of aromatic nitrogens is 1. The number of hydrogen-bond donors (Lipinski definition) is 1. The lowest BCUT2D eigenvalue weighted by atomic mass is 10.1. The van der Waals surface area contributed by atoms with E-state index in [1.807, 2.05) is 0 Å². The van der Waals surface area contributed by atoms with Gasteiger partial charge in [0.15, 0.2) is 16.6 Å². The van der Waals surface area contributed by atoms with Crippen molar-refractivity contribution in [3.8, 4) is 17.2 Å². The third kappa shape index (κ3) is 3.76. The Kier molecular flexibility index (Phi) is 5.23. The van der Waals surface area contributed by atoms with Crippen molar-refractivity contribution in [1.29, 1.82) is 0 Å². The first-order valence-electron chi connectivity index (χ1n) is 7.92.